The third-order valence-electron chi connectivity index (χ3n) is 4.14. The lowest BCUT2D eigenvalue weighted by Gasteiger charge is -2.28. The first-order valence-corrected chi connectivity index (χ1v) is 7.21. The van der Waals surface area contributed by atoms with E-state index >= 15 is 0 Å². The van der Waals surface area contributed by atoms with Gasteiger partial charge in [0.1, 0.15) is 0 Å². The zero-order chi connectivity index (χ0) is 13.9. The van der Waals surface area contributed by atoms with Gasteiger partial charge in [-0.2, -0.15) is 0 Å². The second kappa shape index (κ2) is 5.75. The fourth-order valence-corrected chi connectivity index (χ4v) is 3.14. The number of ether oxygens (including phenoxy) is 1. The van der Waals surface area contributed by atoms with Crippen LogP contribution in [0.2, 0.25) is 0 Å². The van der Waals surface area contributed by atoms with Gasteiger partial charge in [0.2, 0.25) is 5.91 Å². The second-order valence-electron chi connectivity index (χ2n) is 5.57. The van der Waals surface area contributed by atoms with Crippen molar-refractivity contribution in [2.75, 3.05) is 6.54 Å². The van der Waals surface area contributed by atoms with Crippen LogP contribution in [-0.4, -0.2) is 35.3 Å². The van der Waals surface area contributed by atoms with Crippen molar-refractivity contribution in [2.45, 2.75) is 44.4 Å². The van der Waals surface area contributed by atoms with Crippen LogP contribution in [-0.2, 0) is 20.9 Å². The van der Waals surface area contributed by atoms with E-state index in [1.165, 1.54) is 0 Å². The van der Waals surface area contributed by atoms with E-state index in [0.29, 0.717) is 6.61 Å². The lowest BCUT2D eigenvalue weighted by molar-refractivity contribution is -0.132. The van der Waals surface area contributed by atoms with Gasteiger partial charge in [0.25, 0.3) is 0 Å². The number of likely N-dealkylation sites (tertiary alicyclic amines) is 1. The van der Waals surface area contributed by atoms with Crippen molar-refractivity contribution in [3.63, 3.8) is 0 Å². The predicted octanol–water partition coefficient (Wildman–Crippen LogP) is 1.93. The lowest BCUT2D eigenvalue weighted by Crippen LogP contribution is -2.42. The smallest absolute Gasteiger partial charge is 0.230 e. The molecule has 2 unspecified atom stereocenters. The molecule has 106 valence electrons. The van der Waals surface area contributed by atoms with Crippen molar-refractivity contribution in [1.29, 1.82) is 0 Å². The first kappa shape index (κ1) is 13.3. The highest BCUT2D eigenvalue weighted by molar-refractivity contribution is 6.05. The topological polar surface area (TPSA) is 46.6 Å². The van der Waals surface area contributed by atoms with Gasteiger partial charge >= 0.3 is 0 Å². The molecule has 2 atom stereocenters. The van der Waals surface area contributed by atoms with E-state index in [-0.39, 0.29) is 36.8 Å². The van der Waals surface area contributed by atoms with Gasteiger partial charge in [0.05, 0.1) is 31.7 Å². The molecule has 1 aromatic rings. The summed E-state index contributed by atoms with van der Waals surface area (Å²) in [6.45, 7) is 0.840. The normalized spacial score (nSPS) is 26.5. The predicted molar refractivity (Wildman–Crippen MR) is 74.0 cm³/mol. The highest BCUT2D eigenvalue weighted by atomic mass is 16.5. The maximum absolute atomic E-state index is 11.8. The van der Waals surface area contributed by atoms with Crippen LogP contribution in [0.25, 0.3) is 0 Å². The average molecular weight is 273 g/mol. The fourth-order valence-electron chi connectivity index (χ4n) is 3.14. The third-order valence-corrected chi connectivity index (χ3v) is 4.14. The Morgan fingerprint density at radius 1 is 1.15 bits per heavy atom. The van der Waals surface area contributed by atoms with Gasteiger partial charge in [0.15, 0.2) is 5.78 Å². The summed E-state index contributed by atoms with van der Waals surface area (Å²) in [5.41, 5.74) is 1.14. The molecule has 1 amide bonds. The molecular weight excluding hydrogens is 254 g/mol. The van der Waals surface area contributed by atoms with Crippen LogP contribution in [0.3, 0.4) is 0 Å². The number of amides is 1. The minimum absolute atomic E-state index is 0.0312. The molecule has 20 heavy (non-hydrogen) atoms. The van der Waals surface area contributed by atoms with Crippen LogP contribution < -0.4 is 0 Å². The molecule has 1 aliphatic carbocycles. The van der Waals surface area contributed by atoms with Crippen LogP contribution in [0.5, 0.6) is 0 Å². The van der Waals surface area contributed by atoms with E-state index < -0.39 is 0 Å². The van der Waals surface area contributed by atoms with Gasteiger partial charge in [-0.1, -0.05) is 30.3 Å². The molecule has 1 saturated carbocycles. The van der Waals surface area contributed by atoms with E-state index in [4.69, 9.17) is 4.74 Å². The number of hydrogen-bond acceptors (Lipinski definition) is 3. The van der Waals surface area contributed by atoms with Crippen molar-refractivity contribution in [1.82, 2.24) is 4.90 Å². The van der Waals surface area contributed by atoms with Crippen LogP contribution in [0.1, 0.15) is 31.2 Å². The molecule has 3 rings (SSSR count). The molecule has 1 heterocycles. The summed E-state index contributed by atoms with van der Waals surface area (Å²) in [5.74, 6) is -0.001000. The van der Waals surface area contributed by atoms with Gasteiger partial charge < -0.3 is 9.64 Å². The van der Waals surface area contributed by atoms with Crippen molar-refractivity contribution in [3.05, 3.63) is 35.9 Å². The van der Waals surface area contributed by atoms with Crippen molar-refractivity contribution in [3.8, 4) is 0 Å². The van der Waals surface area contributed by atoms with Gasteiger partial charge in [-0.25, -0.2) is 0 Å². The van der Waals surface area contributed by atoms with E-state index in [2.05, 4.69) is 0 Å². The Balaban J connectivity index is 1.61. The largest absolute Gasteiger partial charge is 0.371 e. The summed E-state index contributed by atoms with van der Waals surface area (Å²) in [5, 5.41) is 0. The Hall–Kier alpha value is -1.68. The van der Waals surface area contributed by atoms with Gasteiger partial charge in [0, 0.05) is 0 Å². The van der Waals surface area contributed by atoms with E-state index in [1.807, 2.05) is 30.3 Å². The number of Topliss-reactive ketones (excluding diaryl/α,β-unsaturated/α-hetero) is 1. The second-order valence-corrected chi connectivity index (χ2v) is 5.57. The molecule has 0 radical (unpaired) electrons. The SMILES string of the molecule is O=C1CC(=O)N(C2CCCC2OCc2ccccc2)C1. The molecular formula is C16H19NO3. The van der Waals surface area contributed by atoms with E-state index in [1.54, 1.807) is 4.90 Å². The van der Waals surface area contributed by atoms with Gasteiger partial charge in [-0.05, 0) is 24.8 Å². The first-order chi connectivity index (χ1) is 9.74. The highest BCUT2D eigenvalue weighted by Gasteiger charge is 2.39. The molecule has 1 aromatic carbocycles. The summed E-state index contributed by atoms with van der Waals surface area (Å²) in [6, 6.07) is 10.1. The quantitative estimate of drug-likeness (QED) is 0.787. The summed E-state index contributed by atoms with van der Waals surface area (Å²) < 4.78 is 5.99. The first-order valence-electron chi connectivity index (χ1n) is 7.21. The number of carbonyl (C=O) groups excluding carboxylic acids is 2. The molecule has 2 fully saturated rings. The van der Waals surface area contributed by atoms with Crippen LogP contribution in [0, 0.1) is 0 Å². The molecule has 1 saturated heterocycles. The van der Waals surface area contributed by atoms with Crippen LogP contribution in [0.4, 0.5) is 0 Å². The van der Waals surface area contributed by atoms with Crippen LogP contribution >= 0.6 is 0 Å². The standard InChI is InChI=1S/C16H19NO3/c18-13-9-16(19)17(10-13)14-7-4-8-15(14)20-11-12-5-2-1-3-6-12/h1-3,5-6,14-15H,4,7-11H2. The fraction of sp³-hybridized carbons (Fsp3) is 0.500. The van der Waals surface area contributed by atoms with E-state index in [9.17, 15) is 9.59 Å². The van der Waals surface area contributed by atoms with E-state index in [0.717, 1.165) is 24.8 Å². The zero-order valence-electron chi connectivity index (χ0n) is 11.5. The minimum Gasteiger partial charge on any atom is -0.371 e. The molecule has 0 bridgehead atoms. The van der Waals surface area contributed by atoms with Crippen molar-refractivity contribution in [2.24, 2.45) is 0 Å². The zero-order valence-corrected chi connectivity index (χ0v) is 11.5. The maximum Gasteiger partial charge on any atom is 0.230 e. The Morgan fingerprint density at radius 3 is 2.65 bits per heavy atom. The Morgan fingerprint density at radius 2 is 1.95 bits per heavy atom. The Labute approximate surface area is 118 Å². The summed E-state index contributed by atoms with van der Waals surface area (Å²) in [4.78, 5) is 25.0. The molecule has 2 aliphatic rings. The monoisotopic (exact) mass is 273 g/mol. The number of ketones is 1. The molecule has 0 N–H and O–H groups in total. The van der Waals surface area contributed by atoms with Crippen molar-refractivity contribution < 1.29 is 14.3 Å². The molecule has 0 aromatic heterocycles. The molecule has 1 aliphatic heterocycles. The summed E-state index contributed by atoms with van der Waals surface area (Å²) >= 11 is 0. The maximum atomic E-state index is 11.8. The lowest BCUT2D eigenvalue weighted by atomic mass is 10.2. The average Bonchev–Trinajstić information content (AvgIpc) is 3.03. The number of benzene rings is 1. The molecule has 4 nitrogen and oxygen atoms in total. The third kappa shape index (κ3) is 2.75. The number of rotatable bonds is 4. The molecule has 4 heteroatoms. The van der Waals surface area contributed by atoms with Crippen molar-refractivity contribution >= 4 is 11.7 Å². The number of nitrogens with zero attached hydrogens (tertiary/aromatic N) is 1. The highest BCUT2D eigenvalue weighted by Crippen LogP contribution is 2.29. The summed E-state index contributed by atoms with van der Waals surface area (Å²) in [7, 11) is 0. The number of carbonyl (C=O) groups is 2. The minimum atomic E-state index is -0.0322. The Bertz CT molecular complexity index is 500. The number of hydrogen-bond donors (Lipinski definition) is 0. The van der Waals surface area contributed by atoms with Gasteiger partial charge in [-0.3, -0.25) is 9.59 Å². The van der Waals surface area contributed by atoms with Crippen LogP contribution in [0.15, 0.2) is 30.3 Å². The van der Waals surface area contributed by atoms with Gasteiger partial charge in [-0.15, -0.1) is 0 Å². The summed E-state index contributed by atoms with van der Waals surface area (Å²) in [6.07, 6.45) is 3.10. The Kier molecular flexibility index (Phi) is 3.83. The molecule has 0 spiro atoms.